The first-order valence-electron chi connectivity index (χ1n) is 10.1. The summed E-state index contributed by atoms with van der Waals surface area (Å²) < 4.78 is 6.99. The smallest absolute Gasteiger partial charge is 0.228 e. The van der Waals surface area contributed by atoms with Gasteiger partial charge >= 0.3 is 0 Å². The lowest BCUT2D eigenvalue weighted by atomic mass is 9.77. The summed E-state index contributed by atoms with van der Waals surface area (Å²) in [5, 5.41) is 4.65. The fraction of sp³-hybridized carbons (Fsp3) is 0.192. The number of hydrogen-bond acceptors (Lipinski definition) is 3. The molecule has 2 heterocycles. The van der Waals surface area contributed by atoms with Crippen LogP contribution in [0.1, 0.15) is 19.4 Å². The summed E-state index contributed by atoms with van der Waals surface area (Å²) in [6, 6.07) is 25.5. The second-order valence-electron chi connectivity index (χ2n) is 8.53. The topological polar surface area (TPSA) is 24.8 Å². The Balaban J connectivity index is 1.67. The van der Waals surface area contributed by atoms with Crippen molar-refractivity contribution in [1.29, 1.82) is 0 Å². The zero-order chi connectivity index (χ0) is 19.8. The number of rotatable bonds is 0. The van der Waals surface area contributed by atoms with Crippen molar-refractivity contribution >= 4 is 39.1 Å². The van der Waals surface area contributed by atoms with Gasteiger partial charge in [0.25, 0.3) is 0 Å². The zero-order valence-electron chi connectivity index (χ0n) is 16.8. The Hall–Kier alpha value is -3.33. The first kappa shape index (κ1) is 16.6. The number of likely N-dealkylation sites (N-methyl/N-ethyl adjacent to an activating group) is 1. The summed E-state index contributed by atoms with van der Waals surface area (Å²) in [4.78, 5) is 7.28. The lowest BCUT2D eigenvalue weighted by Crippen LogP contribution is -2.61. The highest BCUT2D eigenvalue weighted by molar-refractivity contribution is 6.17. The largest absolute Gasteiger partial charge is 0.459 e. The van der Waals surface area contributed by atoms with Gasteiger partial charge in [-0.3, -0.25) is 4.99 Å². The van der Waals surface area contributed by atoms with E-state index in [9.17, 15) is 0 Å². The normalized spacial score (nSPS) is 21.4. The fourth-order valence-electron chi connectivity index (χ4n) is 5.19. The van der Waals surface area contributed by atoms with E-state index < -0.39 is 5.72 Å². The molecule has 2 aliphatic heterocycles. The van der Waals surface area contributed by atoms with Crippen molar-refractivity contribution in [2.24, 2.45) is 4.99 Å². The van der Waals surface area contributed by atoms with E-state index >= 15 is 0 Å². The molecule has 29 heavy (non-hydrogen) atoms. The molecule has 1 atom stereocenters. The van der Waals surface area contributed by atoms with Gasteiger partial charge in [-0.25, -0.2) is 0 Å². The summed E-state index contributed by atoms with van der Waals surface area (Å²) in [5.74, 6) is 0.870. The highest BCUT2D eigenvalue weighted by atomic mass is 16.5. The fourth-order valence-corrected chi connectivity index (χ4v) is 5.19. The number of ether oxygens (including phenoxy) is 1. The molecule has 3 heteroatoms. The number of benzene rings is 4. The molecule has 4 aromatic rings. The first-order chi connectivity index (χ1) is 14.0. The Kier molecular flexibility index (Phi) is 3.08. The number of hydrogen-bond donors (Lipinski definition) is 0. The van der Waals surface area contributed by atoms with Gasteiger partial charge in [0.1, 0.15) is 5.69 Å². The lowest BCUT2D eigenvalue weighted by molar-refractivity contribution is 0.0844. The Morgan fingerprint density at radius 3 is 2.07 bits per heavy atom. The molecular formula is C26H22N2O. The van der Waals surface area contributed by atoms with Crippen molar-refractivity contribution in [3.8, 4) is 5.75 Å². The Morgan fingerprint density at radius 1 is 0.759 bits per heavy atom. The maximum atomic E-state index is 6.99. The molecule has 1 spiro atoms. The monoisotopic (exact) mass is 378 g/mol. The molecule has 3 nitrogen and oxygen atoms in total. The van der Waals surface area contributed by atoms with Gasteiger partial charge in [0.15, 0.2) is 5.75 Å². The molecule has 0 fully saturated rings. The van der Waals surface area contributed by atoms with Crippen LogP contribution in [-0.2, 0) is 5.41 Å². The van der Waals surface area contributed by atoms with E-state index in [4.69, 9.17) is 9.73 Å². The molecule has 0 saturated carbocycles. The second kappa shape index (κ2) is 5.38. The molecule has 1 unspecified atom stereocenters. The van der Waals surface area contributed by atoms with E-state index in [2.05, 4.69) is 98.6 Å². The molecule has 4 aromatic carbocycles. The van der Waals surface area contributed by atoms with Crippen LogP contribution in [0.2, 0.25) is 0 Å². The Morgan fingerprint density at radius 2 is 1.34 bits per heavy atom. The van der Waals surface area contributed by atoms with Crippen LogP contribution in [0.4, 0.5) is 11.4 Å². The molecule has 2 aliphatic rings. The average molecular weight is 378 g/mol. The van der Waals surface area contributed by atoms with Crippen molar-refractivity contribution in [1.82, 2.24) is 0 Å². The van der Waals surface area contributed by atoms with Gasteiger partial charge < -0.3 is 9.64 Å². The van der Waals surface area contributed by atoms with Gasteiger partial charge in [-0.2, -0.15) is 0 Å². The average Bonchev–Trinajstić information content (AvgIpc) is 2.93. The van der Waals surface area contributed by atoms with Crippen LogP contribution in [0, 0.1) is 0 Å². The van der Waals surface area contributed by atoms with E-state index in [1.54, 1.807) is 0 Å². The lowest BCUT2D eigenvalue weighted by Gasteiger charge is -2.45. The SMILES string of the molecule is CN1c2ccccc2C(C)(C)C12C=Nc1c(c3ccccc3c3ccccc13)O2. The molecule has 0 radical (unpaired) electrons. The molecule has 0 saturated heterocycles. The van der Waals surface area contributed by atoms with Crippen molar-refractivity contribution in [3.63, 3.8) is 0 Å². The van der Waals surface area contributed by atoms with Crippen molar-refractivity contribution in [2.45, 2.75) is 25.0 Å². The third-order valence-corrected chi connectivity index (χ3v) is 6.82. The highest BCUT2D eigenvalue weighted by Crippen LogP contribution is 2.55. The Bertz CT molecular complexity index is 1340. The van der Waals surface area contributed by atoms with Crippen LogP contribution in [0.5, 0.6) is 5.75 Å². The maximum absolute atomic E-state index is 6.99. The van der Waals surface area contributed by atoms with Gasteiger partial charge in [0.2, 0.25) is 5.72 Å². The third kappa shape index (κ3) is 1.90. The van der Waals surface area contributed by atoms with Gasteiger partial charge in [-0.15, -0.1) is 0 Å². The molecule has 0 N–H and O–H groups in total. The van der Waals surface area contributed by atoms with Crippen LogP contribution < -0.4 is 9.64 Å². The Labute approximate surface area is 170 Å². The zero-order valence-corrected chi connectivity index (χ0v) is 16.8. The standard InChI is InChI=1S/C26H22N2O/c1-25(2)21-14-8-9-15-22(21)28(3)26(25)16-27-23-19-12-6-4-10-17(19)18-11-5-7-13-20(18)24(23)29-26/h4-16H,1-3H3. The van der Waals surface area contributed by atoms with E-state index in [-0.39, 0.29) is 5.41 Å². The molecular weight excluding hydrogens is 356 g/mol. The summed E-state index contributed by atoms with van der Waals surface area (Å²) in [6.45, 7) is 4.49. The number of nitrogens with zero attached hydrogens (tertiary/aromatic N) is 2. The second-order valence-corrected chi connectivity index (χ2v) is 8.53. The quantitative estimate of drug-likeness (QED) is 0.340. The summed E-state index contributed by atoms with van der Waals surface area (Å²) in [5.41, 5.74) is 2.46. The van der Waals surface area contributed by atoms with E-state index in [1.165, 1.54) is 22.0 Å². The predicted octanol–water partition coefficient (Wildman–Crippen LogP) is 6.21. The highest BCUT2D eigenvalue weighted by Gasteiger charge is 2.58. The summed E-state index contributed by atoms with van der Waals surface area (Å²) in [6.07, 6.45) is 2.01. The molecule has 0 amide bonds. The minimum Gasteiger partial charge on any atom is -0.459 e. The van der Waals surface area contributed by atoms with Crippen molar-refractivity contribution < 1.29 is 4.74 Å². The van der Waals surface area contributed by atoms with Crippen LogP contribution >= 0.6 is 0 Å². The van der Waals surface area contributed by atoms with E-state index in [1.807, 2.05) is 6.21 Å². The van der Waals surface area contributed by atoms with Crippen molar-refractivity contribution in [2.75, 3.05) is 11.9 Å². The number of aliphatic imine (C=N–C) groups is 1. The van der Waals surface area contributed by atoms with Crippen LogP contribution in [0.3, 0.4) is 0 Å². The molecule has 0 aliphatic carbocycles. The van der Waals surface area contributed by atoms with E-state index in [0.29, 0.717) is 0 Å². The van der Waals surface area contributed by atoms with Gasteiger partial charge in [0.05, 0.1) is 11.6 Å². The number of para-hydroxylation sites is 1. The summed E-state index contributed by atoms with van der Waals surface area (Å²) in [7, 11) is 2.10. The van der Waals surface area contributed by atoms with Gasteiger partial charge in [-0.1, -0.05) is 66.7 Å². The van der Waals surface area contributed by atoms with Crippen LogP contribution in [0.25, 0.3) is 21.5 Å². The molecule has 0 aromatic heterocycles. The minimum absolute atomic E-state index is 0.258. The molecule has 6 rings (SSSR count). The third-order valence-electron chi connectivity index (χ3n) is 6.82. The number of anilines is 1. The molecule has 0 bridgehead atoms. The predicted molar refractivity (Wildman–Crippen MR) is 121 cm³/mol. The first-order valence-corrected chi connectivity index (χ1v) is 10.1. The van der Waals surface area contributed by atoms with E-state index in [0.717, 1.165) is 22.2 Å². The minimum atomic E-state index is -0.672. The van der Waals surface area contributed by atoms with Gasteiger partial charge in [0, 0.05) is 23.5 Å². The summed E-state index contributed by atoms with van der Waals surface area (Å²) >= 11 is 0. The number of fused-ring (bicyclic) bond motifs is 7. The van der Waals surface area contributed by atoms with Crippen molar-refractivity contribution in [3.05, 3.63) is 78.4 Å². The molecule has 142 valence electrons. The van der Waals surface area contributed by atoms with Crippen LogP contribution in [-0.4, -0.2) is 19.0 Å². The van der Waals surface area contributed by atoms with Gasteiger partial charge in [-0.05, 0) is 36.2 Å². The van der Waals surface area contributed by atoms with Crippen LogP contribution in [0.15, 0.2) is 77.8 Å². The maximum Gasteiger partial charge on any atom is 0.228 e.